The van der Waals surface area contributed by atoms with Crippen molar-refractivity contribution >= 4 is 17.9 Å². The van der Waals surface area contributed by atoms with Crippen molar-refractivity contribution in [3.8, 4) is 17.1 Å². The minimum absolute atomic E-state index is 0.395. The van der Waals surface area contributed by atoms with Gasteiger partial charge in [-0.1, -0.05) is 31.9 Å². The molecule has 0 bridgehead atoms. The van der Waals surface area contributed by atoms with Crippen LogP contribution in [0.25, 0.3) is 11.4 Å². The number of piperazine rings is 1. The molecule has 1 aliphatic carbocycles. The first-order valence-electron chi connectivity index (χ1n) is 12.9. The van der Waals surface area contributed by atoms with Crippen molar-refractivity contribution in [3.05, 3.63) is 53.6 Å². The third-order valence-corrected chi connectivity index (χ3v) is 7.81. The van der Waals surface area contributed by atoms with E-state index < -0.39 is 0 Å². The maximum absolute atomic E-state index is 6.05. The Morgan fingerprint density at radius 1 is 1.03 bits per heavy atom. The first-order valence-corrected chi connectivity index (χ1v) is 13.4. The monoisotopic (exact) mass is 492 g/mol. The second-order valence-corrected chi connectivity index (χ2v) is 10.1. The van der Waals surface area contributed by atoms with Crippen molar-refractivity contribution in [2.75, 3.05) is 37.7 Å². The molecule has 2 fully saturated rings. The van der Waals surface area contributed by atoms with Crippen molar-refractivity contribution in [3.63, 3.8) is 0 Å². The van der Waals surface area contributed by atoms with Crippen molar-refractivity contribution in [2.45, 2.75) is 52.2 Å². The Kier molecular flexibility index (Phi) is 7.48. The van der Waals surface area contributed by atoms with Crippen molar-refractivity contribution < 1.29 is 4.74 Å². The molecule has 0 radical (unpaired) electrons. The number of anilines is 1. The summed E-state index contributed by atoms with van der Waals surface area (Å²) in [5, 5.41) is 5.06. The summed E-state index contributed by atoms with van der Waals surface area (Å²) in [4.78, 5) is 9.22. The molecular weight excluding hydrogens is 456 g/mol. The van der Waals surface area contributed by atoms with Gasteiger partial charge in [-0.05, 0) is 62.2 Å². The third-order valence-electron chi connectivity index (χ3n) is 7.40. The first-order chi connectivity index (χ1) is 17.2. The van der Waals surface area contributed by atoms with Crippen LogP contribution in [0.15, 0.2) is 48.8 Å². The molecule has 0 spiro atoms. The van der Waals surface area contributed by atoms with Gasteiger partial charge >= 0.3 is 0 Å². The summed E-state index contributed by atoms with van der Waals surface area (Å²) in [5.74, 6) is 2.51. The Morgan fingerprint density at radius 2 is 1.83 bits per heavy atom. The zero-order valence-electron chi connectivity index (χ0n) is 20.8. The highest BCUT2D eigenvalue weighted by Crippen LogP contribution is 2.36. The Morgan fingerprint density at radius 3 is 2.57 bits per heavy atom. The molecule has 8 heteroatoms. The Hall–Kier alpha value is -2.71. The number of aromatic nitrogens is 4. The van der Waals surface area contributed by atoms with Gasteiger partial charge in [0.05, 0.1) is 19.0 Å². The normalized spacial score (nSPS) is 21.3. The molecular formula is C27H36N6OS. The van der Waals surface area contributed by atoms with Gasteiger partial charge in [0.2, 0.25) is 0 Å². The van der Waals surface area contributed by atoms with Crippen LogP contribution in [0.4, 0.5) is 5.69 Å². The Balaban J connectivity index is 1.35. The molecule has 1 saturated heterocycles. The smallest absolute Gasteiger partial charge is 0.199 e. The summed E-state index contributed by atoms with van der Waals surface area (Å²) < 4.78 is 11.0. The fourth-order valence-corrected chi connectivity index (χ4v) is 5.82. The lowest BCUT2D eigenvalue weighted by molar-refractivity contribution is 0.191. The van der Waals surface area contributed by atoms with E-state index in [0.717, 1.165) is 54.5 Å². The van der Waals surface area contributed by atoms with Gasteiger partial charge in [-0.2, -0.15) is 5.10 Å². The number of pyridine rings is 1. The van der Waals surface area contributed by atoms with Gasteiger partial charge in [-0.25, -0.2) is 4.68 Å². The molecule has 3 aromatic rings. The van der Waals surface area contributed by atoms with Gasteiger partial charge in [0.1, 0.15) is 5.75 Å². The molecule has 5 rings (SSSR count). The lowest BCUT2D eigenvalue weighted by atomic mass is 9.85. The average Bonchev–Trinajstić information content (AvgIpc) is 3.21. The first kappa shape index (κ1) is 24.0. The van der Waals surface area contributed by atoms with Gasteiger partial charge in [0.25, 0.3) is 0 Å². The summed E-state index contributed by atoms with van der Waals surface area (Å²) in [6.07, 6.45) is 8.67. The van der Waals surface area contributed by atoms with Crippen LogP contribution in [-0.4, -0.2) is 57.0 Å². The number of rotatable bonds is 7. The average molecular weight is 493 g/mol. The van der Waals surface area contributed by atoms with Crippen LogP contribution in [0.1, 0.15) is 45.6 Å². The molecule has 0 N–H and O–H groups in total. The lowest BCUT2D eigenvalue weighted by Gasteiger charge is -2.36. The minimum Gasteiger partial charge on any atom is -0.492 e. The van der Waals surface area contributed by atoms with E-state index in [0.29, 0.717) is 25.2 Å². The standard InChI is InChI=1S/C27H36N6OS/c1-3-34-25-13-7-6-12-24(25)31-17-15-30(16-18-31)20-32-27(35)33(23-11-5-4-9-21(23)2)26(29-32)22-10-8-14-28-19-22/h6-8,10,12-14,19,21,23H,3-5,9,11,15-18,20H2,1-2H3. The van der Waals surface area contributed by atoms with E-state index in [1.807, 2.05) is 36.1 Å². The third kappa shape index (κ3) is 5.14. The summed E-state index contributed by atoms with van der Waals surface area (Å²) in [7, 11) is 0. The van der Waals surface area contributed by atoms with Crippen LogP contribution < -0.4 is 9.64 Å². The molecule has 3 heterocycles. The van der Waals surface area contributed by atoms with E-state index >= 15 is 0 Å². The van der Waals surface area contributed by atoms with Gasteiger partial charge in [0, 0.05) is 50.2 Å². The van der Waals surface area contributed by atoms with E-state index in [1.54, 1.807) is 0 Å². The van der Waals surface area contributed by atoms with Crippen LogP contribution in [0.3, 0.4) is 0 Å². The van der Waals surface area contributed by atoms with E-state index in [1.165, 1.54) is 24.9 Å². The second-order valence-electron chi connectivity index (χ2n) is 9.69. The zero-order chi connectivity index (χ0) is 24.2. The minimum atomic E-state index is 0.395. The predicted octanol–water partition coefficient (Wildman–Crippen LogP) is 5.41. The van der Waals surface area contributed by atoms with Crippen molar-refractivity contribution in [1.29, 1.82) is 0 Å². The van der Waals surface area contributed by atoms with Crippen LogP contribution in [0, 0.1) is 10.7 Å². The molecule has 1 aromatic carbocycles. The highest BCUT2D eigenvalue weighted by Gasteiger charge is 2.28. The van der Waals surface area contributed by atoms with E-state index in [9.17, 15) is 0 Å². The molecule has 35 heavy (non-hydrogen) atoms. The second kappa shape index (κ2) is 10.9. The molecule has 1 saturated carbocycles. The number of hydrogen-bond donors (Lipinski definition) is 0. The number of para-hydroxylation sites is 2. The quantitative estimate of drug-likeness (QED) is 0.411. The van der Waals surface area contributed by atoms with Crippen LogP contribution in [0.2, 0.25) is 0 Å². The largest absolute Gasteiger partial charge is 0.492 e. The van der Waals surface area contributed by atoms with Gasteiger partial charge < -0.3 is 9.64 Å². The van der Waals surface area contributed by atoms with Crippen LogP contribution in [-0.2, 0) is 6.67 Å². The van der Waals surface area contributed by atoms with E-state index in [4.69, 9.17) is 22.1 Å². The highest BCUT2D eigenvalue weighted by molar-refractivity contribution is 7.71. The number of hydrogen-bond acceptors (Lipinski definition) is 6. The summed E-state index contributed by atoms with van der Waals surface area (Å²) >= 11 is 6.05. The molecule has 1 aliphatic heterocycles. The molecule has 2 atom stereocenters. The molecule has 2 aromatic heterocycles. The predicted molar refractivity (Wildman–Crippen MR) is 142 cm³/mol. The zero-order valence-corrected chi connectivity index (χ0v) is 21.7. The number of nitrogens with zero attached hydrogens (tertiary/aromatic N) is 6. The lowest BCUT2D eigenvalue weighted by Crippen LogP contribution is -2.47. The SMILES string of the molecule is CCOc1ccccc1N1CCN(Cn2nc(-c3cccnc3)n(C3CCCCC3C)c2=S)CC1. The maximum atomic E-state index is 6.05. The topological polar surface area (TPSA) is 51.4 Å². The summed E-state index contributed by atoms with van der Waals surface area (Å²) in [6, 6.07) is 12.8. The Labute approximate surface area is 213 Å². The van der Waals surface area contributed by atoms with Crippen LogP contribution >= 0.6 is 12.2 Å². The number of benzene rings is 1. The molecule has 7 nitrogen and oxygen atoms in total. The fourth-order valence-electron chi connectivity index (χ4n) is 5.50. The van der Waals surface area contributed by atoms with Gasteiger partial charge in [-0.15, -0.1) is 0 Å². The molecule has 2 unspecified atom stereocenters. The van der Waals surface area contributed by atoms with Crippen molar-refractivity contribution in [2.24, 2.45) is 5.92 Å². The fraction of sp³-hybridized carbons (Fsp3) is 0.519. The van der Waals surface area contributed by atoms with Gasteiger partial charge in [-0.3, -0.25) is 14.5 Å². The summed E-state index contributed by atoms with van der Waals surface area (Å²) in [5.41, 5.74) is 2.22. The van der Waals surface area contributed by atoms with Crippen molar-refractivity contribution in [1.82, 2.24) is 24.2 Å². The molecule has 0 amide bonds. The summed E-state index contributed by atoms with van der Waals surface area (Å²) in [6.45, 7) is 9.59. The van der Waals surface area contributed by atoms with Crippen LogP contribution in [0.5, 0.6) is 5.75 Å². The maximum Gasteiger partial charge on any atom is 0.199 e. The molecule has 2 aliphatic rings. The number of ether oxygens (including phenoxy) is 1. The Bertz CT molecular complexity index is 1170. The van der Waals surface area contributed by atoms with E-state index in [-0.39, 0.29) is 0 Å². The molecule has 186 valence electrons. The van der Waals surface area contributed by atoms with E-state index in [2.05, 4.69) is 50.5 Å². The van der Waals surface area contributed by atoms with Gasteiger partial charge in [0.15, 0.2) is 10.6 Å². The highest BCUT2D eigenvalue weighted by atomic mass is 32.1.